The van der Waals surface area contributed by atoms with Crippen LogP contribution in [0.25, 0.3) is 0 Å². The monoisotopic (exact) mass is 117 g/mol. The van der Waals surface area contributed by atoms with Crippen molar-refractivity contribution in [3.8, 4) is 0 Å². The lowest BCUT2D eigenvalue weighted by atomic mass is 10.5. The summed E-state index contributed by atoms with van der Waals surface area (Å²) in [6, 6.07) is -0.650. The lowest BCUT2D eigenvalue weighted by Gasteiger charge is -1.79. The molecule has 1 aromatic rings. The van der Waals surface area contributed by atoms with Crippen molar-refractivity contribution < 1.29 is 5.48 Å². The molecule has 0 aliphatic heterocycles. The number of nitrogens with zero attached hydrogens (tertiary/aromatic N) is 1. The number of aromatic nitrogens is 1. The fourth-order valence-corrected chi connectivity index (χ4v) is 0.305. The average Bonchev–Trinajstić information content (AvgIpc) is 1.97. The maximum atomic E-state index is 7.13. The lowest BCUT2D eigenvalue weighted by molar-refractivity contribution is 1.33. The van der Waals surface area contributed by atoms with Gasteiger partial charge in [0.1, 0.15) is 0 Å². The summed E-state index contributed by atoms with van der Waals surface area (Å²) in [7, 11) is 0. The molecular weight excluding hydrogens is 110 g/mol. The molecule has 0 aliphatic carbocycles. The van der Waals surface area contributed by atoms with E-state index in [4.69, 9.17) is 17.1 Å². The maximum absolute atomic E-state index is 7.13. The zero-order chi connectivity index (χ0) is 8.59. The molecule has 1 rings (SSSR count). The van der Waals surface area contributed by atoms with Crippen molar-refractivity contribution in [2.24, 2.45) is 0 Å². The molecule has 0 amide bonds. The van der Waals surface area contributed by atoms with Gasteiger partial charge < -0.3 is 0 Å². The predicted molar refractivity (Wildman–Crippen MR) is 29.2 cm³/mol. The molecule has 0 radical (unpaired) electrons. The highest BCUT2D eigenvalue weighted by molar-refractivity contribution is 6.30. The highest BCUT2D eigenvalue weighted by Crippen LogP contribution is 2.00. The summed E-state index contributed by atoms with van der Waals surface area (Å²) in [5.41, 5.74) is 0. The van der Waals surface area contributed by atoms with Crippen LogP contribution in [0, 0.1) is 0 Å². The zero-order valence-corrected chi connectivity index (χ0v) is 4.08. The Morgan fingerprint density at radius 3 is 3.57 bits per heavy atom. The summed E-state index contributed by atoms with van der Waals surface area (Å²) in [4.78, 5) is 3.33. The Bertz CT molecular complexity index is 275. The van der Waals surface area contributed by atoms with E-state index in [1.165, 1.54) is 0 Å². The molecule has 0 saturated heterocycles. The van der Waals surface area contributed by atoms with E-state index in [-0.39, 0.29) is 29.5 Å². The smallest absolute Gasteiger partial charge is 0.0856 e. The first-order chi connectivity index (χ1) is 5.04. The van der Waals surface area contributed by atoms with Gasteiger partial charge >= 0.3 is 0 Å². The van der Waals surface area contributed by atoms with E-state index < -0.39 is 0 Å². The molecule has 1 heterocycles. The topological polar surface area (TPSA) is 12.9 Å². The van der Waals surface area contributed by atoms with E-state index in [0.717, 1.165) is 0 Å². The molecule has 0 spiro atoms. The first-order valence-corrected chi connectivity index (χ1v) is 2.01. The molecule has 0 atom stereocenters. The number of pyridine rings is 1. The molecule has 0 unspecified atom stereocenters. The van der Waals surface area contributed by atoms with Crippen LogP contribution in [0.15, 0.2) is 24.4 Å². The van der Waals surface area contributed by atoms with Crippen molar-refractivity contribution in [3.05, 3.63) is 29.5 Å². The third-order valence-corrected chi connectivity index (χ3v) is 0.617. The van der Waals surface area contributed by atoms with E-state index in [1.807, 2.05) is 0 Å². The molecule has 1 aromatic heterocycles. The summed E-state index contributed by atoms with van der Waals surface area (Å²) in [6.07, 6.45) is -0.706. The fourth-order valence-electron chi connectivity index (χ4n) is 0.216. The summed E-state index contributed by atoms with van der Waals surface area (Å²) < 4.78 is 28.2. The van der Waals surface area contributed by atoms with Crippen LogP contribution in [0.4, 0.5) is 0 Å². The Balaban J connectivity index is 3.46. The number of halogens is 1. The molecule has 36 valence electrons. The summed E-state index contributed by atoms with van der Waals surface area (Å²) in [5.74, 6) is 0. The minimum absolute atomic E-state index is 0.175. The second kappa shape index (κ2) is 1.94. The van der Waals surface area contributed by atoms with Crippen molar-refractivity contribution in [2.45, 2.75) is 0 Å². The Morgan fingerprint density at radius 2 is 2.71 bits per heavy atom. The Kier molecular flexibility index (Phi) is 0.484. The molecule has 0 N–H and O–H groups in total. The van der Waals surface area contributed by atoms with E-state index in [2.05, 4.69) is 4.98 Å². The SMILES string of the molecule is [2H]c1nc([2H])c(Cl)c([2H])c1[2H]. The molecule has 7 heavy (non-hydrogen) atoms. The number of hydrogen-bond acceptors (Lipinski definition) is 1. The highest BCUT2D eigenvalue weighted by atomic mass is 35.5. The summed E-state index contributed by atoms with van der Waals surface area (Å²) >= 11 is 5.41. The van der Waals surface area contributed by atoms with Gasteiger partial charge in [0.2, 0.25) is 0 Å². The van der Waals surface area contributed by atoms with Gasteiger partial charge in [-0.1, -0.05) is 11.6 Å². The van der Waals surface area contributed by atoms with Gasteiger partial charge in [-0.05, 0) is 12.1 Å². The summed E-state index contributed by atoms with van der Waals surface area (Å²) in [5, 5.41) is -0.175. The van der Waals surface area contributed by atoms with Crippen molar-refractivity contribution >= 4 is 11.6 Å². The molecule has 0 aliphatic rings. The van der Waals surface area contributed by atoms with E-state index >= 15 is 0 Å². The van der Waals surface area contributed by atoms with Gasteiger partial charge in [0.25, 0.3) is 0 Å². The van der Waals surface area contributed by atoms with Crippen LogP contribution >= 0.6 is 11.6 Å². The largest absolute Gasteiger partial charge is 0.263 e. The molecule has 0 fully saturated rings. The molecule has 1 nitrogen and oxygen atoms in total. The van der Waals surface area contributed by atoms with Crippen molar-refractivity contribution in [3.63, 3.8) is 0 Å². The summed E-state index contributed by atoms with van der Waals surface area (Å²) in [6.45, 7) is 0. The third-order valence-electron chi connectivity index (χ3n) is 0.438. The number of rotatable bonds is 0. The van der Waals surface area contributed by atoms with Crippen LogP contribution in [0.5, 0.6) is 0 Å². The Morgan fingerprint density at radius 1 is 1.86 bits per heavy atom. The quantitative estimate of drug-likeness (QED) is 0.505. The van der Waals surface area contributed by atoms with Gasteiger partial charge in [-0.25, -0.2) is 0 Å². The third kappa shape index (κ3) is 1.16. The first-order valence-electron chi connectivity index (χ1n) is 3.64. The molecule has 0 saturated carbocycles. The van der Waals surface area contributed by atoms with Crippen LogP contribution in [0.1, 0.15) is 5.48 Å². The number of hydrogen-bond donors (Lipinski definition) is 0. The van der Waals surface area contributed by atoms with E-state index in [9.17, 15) is 0 Å². The molecule has 0 bridgehead atoms. The second-order valence-electron chi connectivity index (χ2n) is 0.899. The maximum Gasteiger partial charge on any atom is 0.0856 e. The molecule has 0 aromatic carbocycles. The van der Waals surface area contributed by atoms with Gasteiger partial charge in [-0.15, -0.1) is 0 Å². The van der Waals surface area contributed by atoms with Gasteiger partial charge in [0.15, 0.2) is 0 Å². The average molecular weight is 118 g/mol. The Labute approximate surface area is 52.6 Å². The predicted octanol–water partition coefficient (Wildman–Crippen LogP) is 1.73. The van der Waals surface area contributed by atoms with Crippen LogP contribution < -0.4 is 0 Å². The lowest BCUT2D eigenvalue weighted by Crippen LogP contribution is -1.64. The van der Waals surface area contributed by atoms with Crippen molar-refractivity contribution in [1.82, 2.24) is 4.98 Å². The van der Waals surface area contributed by atoms with E-state index in [0.29, 0.717) is 0 Å². The van der Waals surface area contributed by atoms with Gasteiger partial charge in [0.05, 0.1) is 10.5 Å². The fraction of sp³-hybridized carbons (Fsp3) is 0. The first kappa shape index (κ1) is 1.75. The van der Waals surface area contributed by atoms with Gasteiger partial charge in [0, 0.05) is 12.3 Å². The normalized spacial score (nSPS) is 16.7. The molecular formula is C5H4ClN. The molecule has 2 heteroatoms. The van der Waals surface area contributed by atoms with Crippen LogP contribution in [0.2, 0.25) is 5.02 Å². The Hall–Kier alpha value is -0.560. The highest BCUT2D eigenvalue weighted by Gasteiger charge is 1.76. The van der Waals surface area contributed by atoms with Crippen molar-refractivity contribution in [2.75, 3.05) is 0 Å². The minimum Gasteiger partial charge on any atom is -0.263 e. The van der Waals surface area contributed by atoms with Crippen molar-refractivity contribution in [1.29, 1.82) is 0 Å². The van der Waals surface area contributed by atoms with Crippen LogP contribution in [0.3, 0.4) is 0 Å². The van der Waals surface area contributed by atoms with Crippen LogP contribution in [-0.2, 0) is 0 Å². The zero-order valence-electron chi connectivity index (χ0n) is 7.33. The minimum atomic E-state index is -0.385. The standard InChI is InChI=1S/C5H4ClN/c6-5-2-1-3-7-4-5/h1-4H/i1D,2D,3D,4D. The van der Waals surface area contributed by atoms with E-state index in [1.54, 1.807) is 0 Å². The van der Waals surface area contributed by atoms with Gasteiger partial charge in [-0.2, -0.15) is 0 Å². The second-order valence-corrected chi connectivity index (χ2v) is 1.28. The van der Waals surface area contributed by atoms with Crippen LogP contribution in [-0.4, -0.2) is 4.98 Å². The van der Waals surface area contributed by atoms with Gasteiger partial charge in [-0.3, -0.25) is 4.98 Å².